The number of hydrogen-bond donors (Lipinski definition) is 0. The summed E-state index contributed by atoms with van der Waals surface area (Å²) in [5.74, 6) is 0. The summed E-state index contributed by atoms with van der Waals surface area (Å²) in [6, 6.07) is 0. The van der Waals surface area contributed by atoms with Gasteiger partial charge in [0, 0.05) is 200 Å². The van der Waals surface area contributed by atoms with Crippen LogP contribution in [0.3, 0.4) is 0 Å². The minimum absolute atomic E-state index is 0. The van der Waals surface area contributed by atoms with E-state index in [1.54, 1.807) is 0 Å². The van der Waals surface area contributed by atoms with Gasteiger partial charge in [0.2, 0.25) is 0 Å². The summed E-state index contributed by atoms with van der Waals surface area (Å²) in [6.45, 7) is 0. The van der Waals surface area contributed by atoms with Gasteiger partial charge in [0.1, 0.15) is 0 Å². The van der Waals surface area contributed by atoms with E-state index in [0.29, 0.717) is 0 Å². The summed E-state index contributed by atoms with van der Waals surface area (Å²) in [5.41, 5.74) is 0. The number of hydrogen-bond acceptors (Lipinski definition) is 0. The van der Waals surface area contributed by atoms with Crippen molar-refractivity contribution in [3.63, 3.8) is 0 Å². The Balaban J connectivity index is 0. The Morgan fingerprint density at radius 2 is 0.250 bits per heavy atom. The van der Waals surface area contributed by atoms with E-state index in [1.165, 1.54) is 0 Å². The van der Waals surface area contributed by atoms with Gasteiger partial charge in [0.15, 0.2) is 0 Å². The fourth-order valence-electron chi connectivity index (χ4n) is 0. The van der Waals surface area contributed by atoms with Crippen LogP contribution in [-0.2, 0) is 0 Å². The second-order valence-corrected chi connectivity index (χ2v) is 0. The Bertz CT molecular complexity index is 7.64. The van der Waals surface area contributed by atoms with Gasteiger partial charge in [-0.1, -0.05) is 0 Å². The molecule has 0 unspecified atom stereocenters. The molecule has 0 saturated carbocycles. The summed E-state index contributed by atoms with van der Waals surface area (Å²) in [4.78, 5) is 0. The zero-order valence-corrected chi connectivity index (χ0v) is 27.3. The Kier molecular flexibility index (Phi) is 298. The zero-order chi connectivity index (χ0) is 0. The average molecular weight is 1150 g/mol. The molecule has 0 atom stereocenters. The van der Waals surface area contributed by atoms with E-state index >= 15 is 0 Å². The first-order valence-corrected chi connectivity index (χ1v) is 0. The van der Waals surface area contributed by atoms with Crippen LogP contribution in [0.25, 0.3) is 0 Å². The Hall–Kier alpha value is 9.02. The van der Waals surface area contributed by atoms with Gasteiger partial charge in [0.25, 0.3) is 0 Å². The van der Waals surface area contributed by atoms with Gasteiger partial charge in [-0.15, -0.1) is 0 Å². The molecule has 0 nitrogen and oxygen atoms in total. The molecule has 6 radical (unpaired) electrons. The van der Waals surface area contributed by atoms with Crippen molar-refractivity contribution in [3.05, 3.63) is 0 Å². The van der Waals surface area contributed by atoms with E-state index < -0.39 is 0 Å². The molecule has 0 heterocycles. The fourth-order valence-corrected chi connectivity index (χ4v) is 0. The van der Waals surface area contributed by atoms with E-state index in [2.05, 4.69) is 0 Å². The molecule has 0 rings (SSSR count). The van der Waals surface area contributed by atoms with E-state index in [-0.39, 0.29) is 271 Å². The van der Waals surface area contributed by atoms with Crippen molar-refractivity contribution in [2.24, 2.45) is 0 Å². The van der Waals surface area contributed by atoms with Gasteiger partial charge in [-0.2, -0.15) is 0 Å². The molecule has 0 aromatic heterocycles. The molecule has 58 valence electrons. The predicted molar refractivity (Wildman–Crippen MR) is 25.6 cm³/mol. The molecule has 0 spiro atoms. The Morgan fingerprint density at radius 3 is 0.250 bits per heavy atom. The molecule has 0 bridgehead atoms. The molecular weight excluding hydrogens is 1140 g/mol. The van der Waals surface area contributed by atoms with Gasteiger partial charge in [-0.05, 0) is 0 Å². The molecule has 8 heavy (non-hydrogen) atoms. The maximum atomic E-state index is 0. The van der Waals surface area contributed by atoms with Crippen molar-refractivity contribution in [2.45, 2.75) is 0 Å². The van der Waals surface area contributed by atoms with Crippen LogP contribution in [0.2, 0.25) is 0 Å². The van der Waals surface area contributed by atoms with Gasteiger partial charge in [-0.25, -0.2) is 0 Å². The van der Waals surface area contributed by atoms with Gasteiger partial charge in [-0.3, -0.25) is 0 Å². The summed E-state index contributed by atoms with van der Waals surface area (Å²) < 4.78 is 0. The topological polar surface area (TPSA) is 0 Å². The molecule has 0 aliphatic heterocycles. The third kappa shape index (κ3) is 36.3. The van der Waals surface area contributed by atoms with Crippen LogP contribution < -0.4 is 0 Å². The molecule has 8 heteroatoms. The first-order chi connectivity index (χ1) is 0. The second kappa shape index (κ2) is 44.4. The molecule has 0 aromatic rings. The van der Waals surface area contributed by atoms with Crippen LogP contribution in [0.1, 0.15) is 0 Å². The summed E-state index contributed by atoms with van der Waals surface area (Å²) in [5, 5.41) is 0. The molecule has 0 fully saturated rings. The van der Waals surface area contributed by atoms with Crippen molar-refractivity contribution in [1.29, 1.82) is 0 Å². The fraction of sp³-hybridized carbons (Fsp3) is 0. The zero-order valence-electron chi connectivity index (χ0n) is 3.89. The second-order valence-electron chi connectivity index (χ2n) is 0. The van der Waals surface area contributed by atoms with Crippen LogP contribution in [0.5, 0.6) is 0 Å². The van der Waals surface area contributed by atoms with Crippen LogP contribution >= 0.6 is 0 Å². The van der Waals surface area contributed by atoms with Gasteiger partial charge < -0.3 is 0 Å². The first-order valence-electron chi connectivity index (χ1n) is 0. The van der Waals surface area contributed by atoms with Gasteiger partial charge in [0.05, 0.1) is 0 Å². The molecular formula is H6Gd5Sn3. The molecule has 0 N–H and O–H groups in total. The molecule has 0 amide bonds. The third-order valence-corrected chi connectivity index (χ3v) is 0. The van der Waals surface area contributed by atoms with E-state index in [4.69, 9.17) is 0 Å². The predicted octanol–water partition coefficient (Wildman–Crippen LogP) is -2.75. The molecule has 0 aliphatic carbocycles. The van der Waals surface area contributed by atoms with E-state index in [0.717, 1.165) is 0 Å². The molecule has 0 aliphatic rings. The van der Waals surface area contributed by atoms with Crippen molar-refractivity contribution in [2.75, 3.05) is 0 Å². The van der Waals surface area contributed by atoms with Crippen LogP contribution in [0, 0.1) is 200 Å². The molecule has 0 saturated heterocycles. The normalized spacial score (nSPS) is 0. The monoisotopic (exact) mass is 1160 g/mol. The van der Waals surface area contributed by atoms with Crippen molar-refractivity contribution >= 4 is 71.7 Å². The maximum absolute atomic E-state index is 0. The van der Waals surface area contributed by atoms with Crippen LogP contribution in [0.15, 0.2) is 0 Å². The number of rotatable bonds is 0. The Morgan fingerprint density at radius 1 is 0.250 bits per heavy atom. The summed E-state index contributed by atoms with van der Waals surface area (Å²) >= 11 is 0. The van der Waals surface area contributed by atoms with Crippen LogP contribution in [0.4, 0.5) is 0 Å². The SMILES string of the molecule is [Gd].[Gd].[Gd].[Gd].[Gd].[SnH2].[SnH2].[SnH2]. The standard InChI is InChI=1S/5Gd.3Sn.6H. The summed E-state index contributed by atoms with van der Waals surface area (Å²) in [7, 11) is 0. The quantitative estimate of drug-likeness (QED) is 0.232. The van der Waals surface area contributed by atoms with Crippen molar-refractivity contribution < 1.29 is 200 Å². The van der Waals surface area contributed by atoms with Crippen molar-refractivity contribution in [1.82, 2.24) is 0 Å². The van der Waals surface area contributed by atoms with Crippen molar-refractivity contribution in [3.8, 4) is 0 Å². The van der Waals surface area contributed by atoms with Gasteiger partial charge >= 0.3 is 71.7 Å². The third-order valence-electron chi connectivity index (χ3n) is 0. The van der Waals surface area contributed by atoms with E-state index in [9.17, 15) is 0 Å². The Labute approximate surface area is 262 Å². The minimum atomic E-state index is 0. The van der Waals surface area contributed by atoms with Crippen LogP contribution in [-0.4, -0.2) is 71.7 Å². The molecule has 0 aromatic carbocycles. The first kappa shape index (κ1) is 53.7. The summed E-state index contributed by atoms with van der Waals surface area (Å²) in [6.07, 6.45) is 0. The van der Waals surface area contributed by atoms with E-state index in [1.807, 2.05) is 0 Å². The average Bonchev–Trinajstić information content (AvgIpc) is 0.